The van der Waals surface area contributed by atoms with Crippen LogP contribution in [0.2, 0.25) is 5.02 Å². The molecule has 2 aromatic carbocycles. The van der Waals surface area contributed by atoms with E-state index in [-0.39, 0.29) is 6.04 Å². The van der Waals surface area contributed by atoms with Crippen molar-refractivity contribution in [1.29, 1.82) is 0 Å². The van der Waals surface area contributed by atoms with Crippen LogP contribution in [0.4, 0.5) is 0 Å². The smallest absolute Gasteiger partial charge is 0.0406 e. The van der Waals surface area contributed by atoms with E-state index in [9.17, 15) is 0 Å². The first-order valence-corrected chi connectivity index (χ1v) is 8.29. The van der Waals surface area contributed by atoms with Gasteiger partial charge >= 0.3 is 0 Å². The van der Waals surface area contributed by atoms with E-state index in [1.165, 1.54) is 16.9 Å². The number of rotatable bonds is 5. The number of hydrogen-bond acceptors (Lipinski definition) is 2. The Balaban J connectivity index is 1.51. The Morgan fingerprint density at radius 1 is 1.10 bits per heavy atom. The van der Waals surface area contributed by atoms with Gasteiger partial charge in [-0.25, -0.2) is 0 Å². The second-order valence-electron chi connectivity index (χ2n) is 5.35. The van der Waals surface area contributed by atoms with E-state index in [1.54, 1.807) is 0 Å². The fourth-order valence-corrected chi connectivity index (χ4v) is 3.70. The lowest BCUT2D eigenvalue weighted by atomic mass is 10.1. The van der Waals surface area contributed by atoms with Crippen molar-refractivity contribution in [3.63, 3.8) is 0 Å². The third kappa shape index (κ3) is 3.38. The summed E-state index contributed by atoms with van der Waals surface area (Å²) >= 11 is 7.71. The molecular formula is C17H18ClNS. The molecule has 3 atom stereocenters. The highest BCUT2D eigenvalue weighted by Crippen LogP contribution is 2.49. The quantitative estimate of drug-likeness (QED) is 0.819. The van der Waals surface area contributed by atoms with Gasteiger partial charge in [0.05, 0.1) is 0 Å². The summed E-state index contributed by atoms with van der Waals surface area (Å²) in [5, 5.41) is 0.782. The average Bonchev–Trinajstić information content (AvgIpc) is 3.28. The molecule has 1 nitrogen and oxygen atoms in total. The monoisotopic (exact) mass is 303 g/mol. The zero-order valence-corrected chi connectivity index (χ0v) is 12.8. The molecular weight excluding hydrogens is 286 g/mol. The molecule has 3 rings (SSSR count). The van der Waals surface area contributed by atoms with E-state index in [4.69, 9.17) is 17.3 Å². The molecule has 0 saturated heterocycles. The van der Waals surface area contributed by atoms with Crippen molar-refractivity contribution in [1.82, 2.24) is 0 Å². The third-order valence-electron chi connectivity index (χ3n) is 3.87. The summed E-state index contributed by atoms with van der Waals surface area (Å²) in [5.41, 5.74) is 7.77. The molecule has 1 aliphatic carbocycles. The van der Waals surface area contributed by atoms with Gasteiger partial charge < -0.3 is 5.73 Å². The van der Waals surface area contributed by atoms with Crippen LogP contribution < -0.4 is 5.73 Å². The number of thioether (sulfide) groups is 1. The first-order valence-electron chi connectivity index (χ1n) is 6.93. The van der Waals surface area contributed by atoms with Crippen molar-refractivity contribution in [2.45, 2.75) is 23.3 Å². The van der Waals surface area contributed by atoms with Crippen molar-refractivity contribution < 1.29 is 0 Å². The molecule has 0 aromatic heterocycles. The van der Waals surface area contributed by atoms with Gasteiger partial charge in [-0.3, -0.25) is 0 Å². The van der Waals surface area contributed by atoms with Gasteiger partial charge in [0.25, 0.3) is 0 Å². The molecule has 0 heterocycles. The highest BCUT2D eigenvalue weighted by Gasteiger charge is 2.42. The zero-order valence-electron chi connectivity index (χ0n) is 11.2. The Morgan fingerprint density at radius 2 is 1.80 bits per heavy atom. The van der Waals surface area contributed by atoms with E-state index in [2.05, 4.69) is 42.5 Å². The average molecular weight is 304 g/mol. The number of hydrogen-bond donors (Lipinski definition) is 1. The first kappa shape index (κ1) is 14.0. The molecule has 3 unspecified atom stereocenters. The molecule has 0 radical (unpaired) electrons. The second-order valence-corrected chi connectivity index (χ2v) is 6.88. The lowest BCUT2D eigenvalue weighted by molar-refractivity contribution is 0.640. The van der Waals surface area contributed by atoms with Gasteiger partial charge in [-0.15, -0.1) is 11.8 Å². The van der Waals surface area contributed by atoms with Crippen molar-refractivity contribution in [3.05, 3.63) is 65.2 Å². The summed E-state index contributed by atoms with van der Waals surface area (Å²) in [6.45, 7) is 0. The molecule has 1 saturated carbocycles. The van der Waals surface area contributed by atoms with Crippen LogP contribution in [0.25, 0.3) is 0 Å². The van der Waals surface area contributed by atoms with Crippen LogP contribution in [0, 0.1) is 5.92 Å². The van der Waals surface area contributed by atoms with Crippen molar-refractivity contribution in [2.24, 2.45) is 11.7 Å². The van der Waals surface area contributed by atoms with Crippen LogP contribution in [0.1, 0.15) is 17.9 Å². The van der Waals surface area contributed by atoms with Crippen LogP contribution in [-0.2, 0) is 0 Å². The summed E-state index contributed by atoms with van der Waals surface area (Å²) in [4.78, 5) is 1.24. The topological polar surface area (TPSA) is 26.0 Å². The summed E-state index contributed by atoms with van der Waals surface area (Å²) in [5.74, 6) is 2.27. The minimum Gasteiger partial charge on any atom is -0.327 e. The van der Waals surface area contributed by atoms with Crippen LogP contribution >= 0.6 is 23.4 Å². The summed E-state index contributed by atoms with van der Waals surface area (Å²) in [6, 6.07) is 18.9. The second kappa shape index (κ2) is 6.21. The molecule has 104 valence electrons. The van der Waals surface area contributed by atoms with Gasteiger partial charge in [0.15, 0.2) is 0 Å². The van der Waals surface area contributed by atoms with E-state index in [1.807, 2.05) is 23.9 Å². The largest absolute Gasteiger partial charge is 0.327 e. The lowest BCUT2D eigenvalue weighted by Crippen LogP contribution is -2.25. The maximum Gasteiger partial charge on any atom is 0.0406 e. The molecule has 0 spiro atoms. The normalized spacial score (nSPS) is 22.5. The predicted octanol–water partition coefficient (Wildman–Crippen LogP) is 4.56. The molecule has 0 bridgehead atoms. The zero-order chi connectivity index (χ0) is 13.9. The van der Waals surface area contributed by atoms with Gasteiger partial charge in [0.1, 0.15) is 0 Å². The maximum atomic E-state index is 6.34. The van der Waals surface area contributed by atoms with Crippen molar-refractivity contribution in [3.8, 4) is 0 Å². The summed E-state index contributed by atoms with van der Waals surface area (Å²) in [7, 11) is 0. The Hall–Kier alpha value is -0.960. The minimum atomic E-state index is 0.265. The summed E-state index contributed by atoms with van der Waals surface area (Å²) in [6.07, 6.45) is 1.23. The molecule has 2 N–H and O–H groups in total. The van der Waals surface area contributed by atoms with Crippen LogP contribution in [0.3, 0.4) is 0 Å². The Kier molecular flexibility index (Phi) is 4.35. The van der Waals surface area contributed by atoms with Gasteiger partial charge in [-0.2, -0.15) is 0 Å². The van der Waals surface area contributed by atoms with Crippen LogP contribution in [0.5, 0.6) is 0 Å². The summed E-state index contributed by atoms with van der Waals surface area (Å²) < 4.78 is 0. The number of halogens is 1. The van der Waals surface area contributed by atoms with E-state index < -0.39 is 0 Å². The molecule has 2 aromatic rings. The number of nitrogens with two attached hydrogens (primary N) is 1. The van der Waals surface area contributed by atoms with Crippen LogP contribution in [-0.4, -0.2) is 11.8 Å². The van der Waals surface area contributed by atoms with Crippen molar-refractivity contribution >= 4 is 23.4 Å². The molecule has 3 heteroatoms. The van der Waals surface area contributed by atoms with Crippen LogP contribution in [0.15, 0.2) is 59.5 Å². The van der Waals surface area contributed by atoms with Crippen molar-refractivity contribution in [2.75, 3.05) is 5.75 Å². The van der Waals surface area contributed by atoms with Gasteiger partial charge in [0, 0.05) is 21.7 Å². The standard InChI is InChI=1S/C17H18ClNS/c18-13-6-8-14(9-7-13)20-11-17(19)16-10-15(16)12-4-2-1-3-5-12/h1-9,15-17H,10-11,19H2. The lowest BCUT2D eigenvalue weighted by Gasteiger charge is -2.11. The third-order valence-corrected chi connectivity index (χ3v) is 5.28. The fourth-order valence-electron chi connectivity index (χ4n) is 2.62. The van der Waals surface area contributed by atoms with E-state index in [0.717, 1.165) is 10.8 Å². The van der Waals surface area contributed by atoms with E-state index in [0.29, 0.717) is 11.8 Å². The highest BCUT2D eigenvalue weighted by molar-refractivity contribution is 7.99. The fraction of sp³-hybridized carbons (Fsp3) is 0.294. The Labute approximate surface area is 129 Å². The minimum absolute atomic E-state index is 0.265. The van der Waals surface area contributed by atoms with Gasteiger partial charge in [0.2, 0.25) is 0 Å². The Morgan fingerprint density at radius 3 is 2.50 bits per heavy atom. The van der Waals surface area contributed by atoms with Gasteiger partial charge in [-0.1, -0.05) is 41.9 Å². The maximum absolute atomic E-state index is 6.34. The molecule has 1 fully saturated rings. The van der Waals surface area contributed by atoms with Gasteiger partial charge in [-0.05, 0) is 48.1 Å². The predicted molar refractivity (Wildman–Crippen MR) is 87.4 cm³/mol. The first-order chi connectivity index (χ1) is 9.74. The van der Waals surface area contributed by atoms with E-state index >= 15 is 0 Å². The number of benzene rings is 2. The molecule has 0 aliphatic heterocycles. The molecule has 0 amide bonds. The molecule has 20 heavy (non-hydrogen) atoms. The SMILES string of the molecule is NC(CSc1ccc(Cl)cc1)C1CC1c1ccccc1. The molecule has 1 aliphatic rings. The highest BCUT2D eigenvalue weighted by atomic mass is 35.5. The Bertz CT molecular complexity index is 555.